The van der Waals surface area contributed by atoms with E-state index in [1.165, 1.54) is 19.3 Å². The molecule has 1 fully saturated rings. The molecule has 1 aromatic heterocycles. The number of rotatable bonds is 4. The fourth-order valence-electron chi connectivity index (χ4n) is 2.20. The summed E-state index contributed by atoms with van der Waals surface area (Å²) in [4.78, 5) is 3.67. The molecule has 0 amide bonds. The van der Waals surface area contributed by atoms with Gasteiger partial charge in [-0.2, -0.15) is 4.98 Å². The maximum absolute atomic E-state index is 13.4. The zero-order chi connectivity index (χ0) is 13.0. The molecule has 1 saturated carbocycles. The van der Waals surface area contributed by atoms with Gasteiger partial charge < -0.3 is 10.2 Å². The number of nitrogen functional groups attached to an aromatic ring is 1. The van der Waals surface area contributed by atoms with Gasteiger partial charge in [0, 0.05) is 6.07 Å². The highest BCUT2D eigenvalue weighted by Gasteiger charge is 2.17. The smallest absolute Gasteiger partial charge is 0.252 e. The first-order chi connectivity index (χ1) is 8.70. The summed E-state index contributed by atoms with van der Waals surface area (Å²) in [5, 5.41) is 0. The van der Waals surface area contributed by atoms with E-state index in [0.717, 1.165) is 18.9 Å². The molecular formula is C12H17F2N3O. The van der Waals surface area contributed by atoms with Crippen LogP contribution in [0.15, 0.2) is 6.07 Å². The van der Waals surface area contributed by atoms with E-state index in [1.54, 1.807) is 0 Å². The van der Waals surface area contributed by atoms with E-state index in [2.05, 4.69) is 10.4 Å². The van der Waals surface area contributed by atoms with Crippen LogP contribution in [-0.4, -0.2) is 11.6 Å². The van der Waals surface area contributed by atoms with Crippen molar-refractivity contribution >= 4 is 5.82 Å². The lowest BCUT2D eigenvalue weighted by Gasteiger charge is -2.21. The first-order valence-corrected chi connectivity index (χ1v) is 6.16. The molecule has 1 heterocycles. The van der Waals surface area contributed by atoms with E-state index in [-0.39, 0.29) is 11.7 Å². The summed E-state index contributed by atoms with van der Waals surface area (Å²) < 4.78 is 31.9. The van der Waals surface area contributed by atoms with Gasteiger partial charge in [0.15, 0.2) is 17.5 Å². The third-order valence-corrected chi connectivity index (χ3v) is 3.21. The number of pyridine rings is 1. The maximum atomic E-state index is 13.4. The summed E-state index contributed by atoms with van der Waals surface area (Å²) in [7, 11) is 0. The Morgan fingerprint density at radius 3 is 2.67 bits per heavy atom. The van der Waals surface area contributed by atoms with Crippen molar-refractivity contribution in [3.05, 3.63) is 17.7 Å². The van der Waals surface area contributed by atoms with Gasteiger partial charge in [-0.05, 0) is 18.8 Å². The van der Waals surface area contributed by atoms with Crippen molar-refractivity contribution in [2.24, 2.45) is 11.8 Å². The third-order valence-electron chi connectivity index (χ3n) is 3.21. The van der Waals surface area contributed by atoms with Gasteiger partial charge in [-0.3, -0.25) is 0 Å². The topological polar surface area (TPSA) is 60.2 Å². The Hall–Kier alpha value is -1.43. The summed E-state index contributed by atoms with van der Waals surface area (Å²) in [6.07, 6.45) is 5.79. The van der Waals surface area contributed by atoms with Crippen LogP contribution in [-0.2, 0) is 0 Å². The number of ether oxygens (including phenoxy) is 1. The summed E-state index contributed by atoms with van der Waals surface area (Å²) in [6, 6.07) is 0.721. The first-order valence-electron chi connectivity index (χ1n) is 6.16. The van der Waals surface area contributed by atoms with E-state index in [0.29, 0.717) is 12.5 Å². The number of aromatic nitrogens is 1. The van der Waals surface area contributed by atoms with Crippen molar-refractivity contribution in [2.45, 2.75) is 32.1 Å². The number of nitrogens with one attached hydrogen (secondary N) is 1. The van der Waals surface area contributed by atoms with Crippen LogP contribution in [0.3, 0.4) is 0 Å². The Kier molecular flexibility index (Phi) is 4.30. The molecule has 0 aliphatic heterocycles. The minimum atomic E-state index is -0.833. The molecule has 1 aromatic rings. The lowest BCUT2D eigenvalue weighted by Crippen LogP contribution is -2.17. The van der Waals surface area contributed by atoms with Crippen LogP contribution < -0.4 is 16.0 Å². The fourth-order valence-corrected chi connectivity index (χ4v) is 2.20. The Labute approximate surface area is 105 Å². The molecule has 0 radical (unpaired) electrons. The highest BCUT2D eigenvalue weighted by molar-refractivity contribution is 5.38. The lowest BCUT2D eigenvalue weighted by atomic mass is 9.90. The van der Waals surface area contributed by atoms with Gasteiger partial charge in [0.2, 0.25) is 0 Å². The molecule has 1 aliphatic rings. The largest absolute Gasteiger partial charge is 0.475 e. The fraction of sp³-hybridized carbons (Fsp3) is 0.583. The molecule has 0 spiro atoms. The number of hydrogen-bond acceptors (Lipinski definition) is 4. The van der Waals surface area contributed by atoms with Gasteiger partial charge in [0.05, 0.1) is 6.61 Å². The van der Waals surface area contributed by atoms with Gasteiger partial charge in [0.1, 0.15) is 0 Å². The van der Waals surface area contributed by atoms with Gasteiger partial charge in [-0.25, -0.2) is 14.6 Å². The predicted molar refractivity (Wildman–Crippen MR) is 64.0 cm³/mol. The molecule has 0 atom stereocenters. The highest BCUT2D eigenvalue weighted by atomic mass is 19.1. The number of nitrogens with zero attached hydrogens (tertiary/aromatic N) is 1. The molecule has 4 nitrogen and oxygen atoms in total. The zero-order valence-electron chi connectivity index (χ0n) is 10.1. The minimum Gasteiger partial charge on any atom is -0.475 e. The summed E-state index contributed by atoms with van der Waals surface area (Å²) >= 11 is 0. The average molecular weight is 257 g/mol. The van der Waals surface area contributed by atoms with Crippen molar-refractivity contribution < 1.29 is 13.5 Å². The van der Waals surface area contributed by atoms with Crippen LogP contribution in [0.1, 0.15) is 32.1 Å². The normalized spacial score (nSPS) is 16.6. The first kappa shape index (κ1) is 13.0. The summed E-state index contributed by atoms with van der Waals surface area (Å²) in [5.74, 6) is 3.46. The molecule has 0 bridgehead atoms. The number of hydrazine groups is 1. The molecule has 0 saturated heterocycles. The average Bonchev–Trinajstić information content (AvgIpc) is 2.39. The Bertz CT molecular complexity index is 409. The van der Waals surface area contributed by atoms with Gasteiger partial charge in [-0.15, -0.1) is 0 Å². The number of hydrogen-bond donors (Lipinski definition) is 2. The van der Waals surface area contributed by atoms with Crippen LogP contribution >= 0.6 is 0 Å². The Balaban J connectivity index is 1.99. The van der Waals surface area contributed by atoms with Crippen LogP contribution in [0.5, 0.6) is 5.88 Å². The summed E-state index contributed by atoms with van der Waals surface area (Å²) in [6.45, 7) is 0.416. The van der Waals surface area contributed by atoms with E-state index < -0.39 is 11.6 Å². The van der Waals surface area contributed by atoms with Gasteiger partial charge in [-0.1, -0.05) is 19.3 Å². The van der Waals surface area contributed by atoms with Crippen LogP contribution in [0.25, 0.3) is 0 Å². The molecule has 6 heteroatoms. The Morgan fingerprint density at radius 1 is 1.28 bits per heavy atom. The van der Waals surface area contributed by atoms with Gasteiger partial charge in [0.25, 0.3) is 5.88 Å². The van der Waals surface area contributed by atoms with Crippen LogP contribution in [0, 0.1) is 17.6 Å². The van der Waals surface area contributed by atoms with E-state index >= 15 is 0 Å². The van der Waals surface area contributed by atoms with Crippen molar-refractivity contribution in [3.8, 4) is 5.88 Å². The van der Waals surface area contributed by atoms with E-state index in [1.807, 2.05) is 0 Å². The maximum Gasteiger partial charge on any atom is 0.252 e. The number of halogens is 2. The predicted octanol–water partition coefficient (Wildman–Crippen LogP) is 2.60. The second-order valence-corrected chi connectivity index (χ2v) is 4.57. The van der Waals surface area contributed by atoms with Crippen molar-refractivity contribution in [3.63, 3.8) is 0 Å². The quantitative estimate of drug-likeness (QED) is 0.643. The molecule has 100 valence electrons. The van der Waals surface area contributed by atoms with Crippen molar-refractivity contribution in [1.82, 2.24) is 4.98 Å². The molecule has 0 aromatic carbocycles. The second kappa shape index (κ2) is 5.95. The third kappa shape index (κ3) is 3.07. The lowest BCUT2D eigenvalue weighted by molar-refractivity contribution is 0.195. The molecule has 2 rings (SSSR count). The molecule has 0 unspecified atom stereocenters. The zero-order valence-corrected chi connectivity index (χ0v) is 10.1. The molecular weight excluding hydrogens is 240 g/mol. The van der Waals surface area contributed by atoms with Gasteiger partial charge >= 0.3 is 0 Å². The number of nitrogens with two attached hydrogens (primary N) is 1. The monoisotopic (exact) mass is 257 g/mol. The molecule has 18 heavy (non-hydrogen) atoms. The standard InChI is InChI=1S/C12H17F2N3O/c13-9-6-10(14)12(16-11(9)17-15)18-7-8-4-2-1-3-5-8/h6,8H,1-5,7,15H2,(H,16,17). The van der Waals surface area contributed by atoms with E-state index in [9.17, 15) is 8.78 Å². The Morgan fingerprint density at radius 2 is 2.00 bits per heavy atom. The molecule has 1 aliphatic carbocycles. The molecule has 3 N–H and O–H groups in total. The van der Waals surface area contributed by atoms with E-state index in [4.69, 9.17) is 10.6 Å². The summed E-state index contributed by atoms with van der Waals surface area (Å²) in [5.41, 5.74) is 2.07. The van der Waals surface area contributed by atoms with Crippen molar-refractivity contribution in [2.75, 3.05) is 12.0 Å². The number of anilines is 1. The van der Waals surface area contributed by atoms with Crippen LogP contribution in [0.2, 0.25) is 0 Å². The second-order valence-electron chi connectivity index (χ2n) is 4.57. The van der Waals surface area contributed by atoms with Crippen LogP contribution in [0.4, 0.5) is 14.6 Å². The van der Waals surface area contributed by atoms with Crippen molar-refractivity contribution in [1.29, 1.82) is 0 Å². The highest BCUT2D eigenvalue weighted by Crippen LogP contribution is 2.26. The SMILES string of the molecule is NNc1nc(OCC2CCCCC2)c(F)cc1F. The minimum absolute atomic E-state index is 0.199.